The van der Waals surface area contributed by atoms with Crippen molar-refractivity contribution in [3.63, 3.8) is 0 Å². The monoisotopic (exact) mass is 706 g/mol. The molecule has 0 bridgehead atoms. The normalized spacial score (nSPS) is 19.1. The number of rotatable bonds is 12. The van der Waals surface area contributed by atoms with Crippen LogP contribution >= 0.6 is 0 Å². The molecule has 5 rings (SSSR count). The maximum absolute atomic E-state index is 12.3. The Hall–Kier alpha value is -4.80. The molecule has 4 heterocycles. The van der Waals surface area contributed by atoms with E-state index >= 15 is 0 Å². The van der Waals surface area contributed by atoms with Gasteiger partial charge in [-0.15, -0.1) is 5.10 Å². The first-order valence-corrected chi connectivity index (χ1v) is 16.6. The number of ether oxygens (including phenoxy) is 2. The zero-order valence-electron chi connectivity index (χ0n) is 27.1. The molecule has 20 nitrogen and oxygen atoms in total. The number of nitrogens with one attached hydrogen (secondary N) is 1. The molecule has 1 fully saturated rings. The van der Waals surface area contributed by atoms with E-state index in [9.17, 15) is 33.3 Å². The number of carbonyl (C=O) groups is 2. The Labute approximate surface area is 280 Å². The van der Waals surface area contributed by atoms with E-state index in [0.717, 1.165) is 4.68 Å². The number of aliphatic hydroxyl groups excluding tert-OH is 2. The highest BCUT2D eigenvalue weighted by atomic mass is 32.2. The molecule has 21 heteroatoms. The first kappa shape index (κ1) is 37.0. The molecule has 4 atom stereocenters. The van der Waals surface area contributed by atoms with Crippen LogP contribution in [0.2, 0.25) is 0 Å². The molecule has 266 valence electrons. The van der Waals surface area contributed by atoms with Crippen molar-refractivity contribution in [3.8, 4) is 11.7 Å². The molecule has 1 saturated heterocycles. The zero-order valence-corrected chi connectivity index (χ0v) is 27.9. The lowest BCUT2D eigenvalue weighted by molar-refractivity contribution is -0.0468. The molecule has 3 aromatic heterocycles. The van der Waals surface area contributed by atoms with Crippen molar-refractivity contribution in [3.05, 3.63) is 48.0 Å². The van der Waals surface area contributed by atoms with E-state index in [1.54, 1.807) is 11.6 Å². The summed E-state index contributed by atoms with van der Waals surface area (Å²) >= 11 is 0. The lowest BCUT2D eigenvalue weighted by atomic mass is 10.1. The van der Waals surface area contributed by atoms with Crippen molar-refractivity contribution in [2.24, 2.45) is 0 Å². The van der Waals surface area contributed by atoms with Gasteiger partial charge < -0.3 is 35.4 Å². The maximum Gasteiger partial charge on any atom is 0.362 e. The molecular formula is C28H38N10O10S. The molecule has 4 aromatic rings. The van der Waals surface area contributed by atoms with E-state index in [0.29, 0.717) is 0 Å². The molecule has 0 radical (unpaired) electrons. The van der Waals surface area contributed by atoms with Crippen LogP contribution in [0.5, 0.6) is 5.75 Å². The van der Waals surface area contributed by atoms with Crippen LogP contribution < -0.4 is 10.5 Å². The number of amides is 1. The quantitative estimate of drug-likeness (QED) is 0.116. The van der Waals surface area contributed by atoms with Gasteiger partial charge in [-0.25, -0.2) is 14.5 Å². The van der Waals surface area contributed by atoms with Gasteiger partial charge in [0.1, 0.15) is 29.6 Å². The number of phenols is 1. The van der Waals surface area contributed by atoms with Gasteiger partial charge in [0.05, 0.1) is 31.3 Å². The van der Waals surface area contributed by atoms with E-state index in [1.165, 1.54) is 61.0 Å². The van der Waals surface area contributed by atoms with Crippen molar-refractivity contribution in [1.82, 2.24) is 44.1 Å². The fourth-order valence-electron chi connectivity index (χ4n) is 4.66. The van der Waals surface area contributed by atoms with E-state index in [2.05, 4.69) is 50.9 Å². The van der Waals surface area contributed by atoms with Gasteiger partial charge in [0, 0.05) is 0 Å². The average molecular weight is 707 g/mol. The highest BCUT2D eigenvalue weighted by Crippen LogP contribution is 2.32. The van der Waals surface area contributed by atoms with Crippen molar-refractivity contribution in [2.75, 3.05) is 38.6 Å². The van der Waals surface area contributed by atoms with Gasteiger partial charge in [-0.05, 0) is 38.7 Å². The van der Waals surface area contributed by atoms with Crippen molar-refractivity contribution in [2.45, 2.75) is 52.2 Å². The number of aromatic hydroxyl groups is 1. The largest absolute Gasteiger partial charge is 0.507 e. The first-order chi connectivity index (χ1) is 23.3. The molecular weight excluding hydrogens is 668 g/mol. The Bertz CT molecular complexity index is 1860. The minimum atomic E-state index is -4.72. The van der Waals surface area contributed by atoms with Crippen LogP contribution in [0, 0.1) is 0 Å². The third kappa shape index (κ3) is 8.63. The maximum atomic E-state index is 12.3. The van der Waals surface area contributed by atoms with E-state index in [1.807, 2.05) is 0 Å². The number of para-hydroxylation sites is 1. The summed E-state index contributed by atoms with van der Waals surface area (Å²) in [6.07, 6.45) is -3.56. The second-order valence-corrected chi connectivity index (χ2v) is 11.7. The van der Waals surface area contributed by atoms with Crippen LogP contribution in [0.4, 0.5) is 5.82 Å². The van der Waals surface area contributed by atoms with Crippen molar-refractivity contribution >= 4 is 39.2 Å². The topological polar surface area (TPSA) is 272 Å². The predicted molar refractivity (Wildman–Crippen MR) is 170 cm³/mol. The summed E-state index contributed by atoms with van der Waals surface area (Å²) in [7, 11) is -4.72. The van der Waals surface area contributed by atoms with Crippen LogP contribution in [0.15, 0.2) is 36.8 Å². The van der Waals surface area contributed by atoms with Gasteiger partial charge in [-0.2, -0.15) is 23.1 Å². The number of nitrogens with zero attached hydrogens (tertiary/aromatic N) is 8. The fraction of sp³-hybridized carbons (Fsp3) is 0.464. The third-order valence-electron chi connectivity index (χ3n) is 7.33. The van der Waals surface area contributed by atoms with Crippen molar-refractivity contribution in [1.29, 1.82) is 0 Å². The lowest BCUT2D eigenvalue weighted by Gasteiger charge is -2.16. The number of fused-ring (bicyclic) bond motifs is 1. The number of nitrogens with two attached hydrogens (primary N) is 1. The Morgan fingerprint density at radius 2 is 1.78 bits per heavy atom. The molecule has 1 aromatic carbocycles. The number of benzene rings is 1. The number of anilines is 1. The molecule has 0 saturated carbocycles. The minimum absolute atomic E-state index is 0.0334. The highest BCUT2D eigenvalue weighted by Gasteiger charge is 2.45. The second kappa shape index (κ2) is 16.1. The van der Waals surface area contributed by atoms with E-state index in [-0.39, 0.29) is 40.8 Å². The van der Waals surface area contributed by atoms with E-state index < -0.39 is 59.1 Å². The minimum Gasteiger partial charge on any atom is -0.507 e. The van der Waals surface area contributed by atoms with Crippen LogP contribution in [-0.2, 0) is 24.0 Å². The molecule has 0 spiro atoms. The fourth-order valence-corrected chi connectivity index (χ4v) is 5.37. The molecule has 1 aliphatic rings. The number of nitrogen functional groups attached to an aromatic ring is 1. The number of esters is 1. The summed E-state index contributed by atoms with van der Waals surface area (Å²) in [5.74, 6) is -2.54. The molecule has 49 heavy (non-hydrogen) atoms. The van der Waals surface area contributed by atoms with E-state index in [4.69, 9.17) is 19.4 Å². The number of aromatic nitrogens is 7. The molecule has 6 N–H and O–H groups in total. The van der Waals surface area contributed by atoms with Gasteiger partial charge in [0.15, 0.2) is 23.4 Å². The van der Waals surface area contributed by atoms with Gasteiger partial charge >= 0.3 is 16.3 Å². The Balaban J connectivity index is 0.000000698. The summed E-state index contributed by atoms with van der Waals surface area (Å²) in [5, 5.41) is 38.5. The summed E-state index contributed by atoms with van der Waals surface area (Å²) < 4.78 is 43.9. The van der Waals surface area contributed by atoms with Gasteiger partial charge in [0.2, 0.25) is 0 Å². The van der Waals surface area contributed by atoms with Crippen LogP contribution in [0.3, 0.4) is 0 Å². The van der Waals surface area contributed by atoms with Crippen LogP contribution in [0.25, 0.3) is 17.1 Å². The Morgan fingerprint density at radius 1 is 1.08 bits per heavy atom. The predicted octanol–water partition coefficient (Wildman–Crippen LogP) is -0.470. The number of hydrogen-bond acceptors (Lipinski definition) is 17. The van der Waals surface area contributed by atoms with Gasteiger partial charge in [0.25, 0.3) is 11.9 Å². The first-order valence-electron chi connectivity index (χ1n) is 15.2. The summed E-state index contributed by atoms with van der Waals surface area (Å²) in [5.41, 5.74) is 5.74. The van der Waals surface area contributed by atoms with Crippen LogP contribution in [0.1, 0.15) is 54.8 Å². The van der Waals surface area contributed by atoms with Crippen LogP contribution in [-0.4, -0.2) is 126 Å². The Morgan fingerprint density at radius 3 is 2.41 bits per heavy atom. The number of hydrogen-bond donors (Lipinski definition) is 5. The average Bonchev–Trinajstić information content (AvgIpc) is 3.80. The van der Waals surface area contributed by atoms with Gasteiger partial charge in [-0.1, -0.05) is 38.1 Å². The molecule has 0 aliphatic carbocycles. The smallest absolute Gasteiger partial charge is 0.362 e. The number of phenolic OH excluding ortho intramolecular Hbond substituents is 1. The SMILES string of the molecule is CCN(CC)CC.CCOC(=O)c1cn(-c2nc(N)c3ncn([C@@H]4O[C@H](COS(=O)(=O)NC(=O)c5ccccc5O)[C@@H](O)[C@H]4O)c3n2)nn1. The number of imidazole rings is 1. The number of carbonyl (C=O) groups excluding carboxylic acids is 2. The molecule has 1 aliphatic heterocycles. The summed E-state index contributed by atoms with van der Waals surface area (Å²) in [6, 6.07) is 5.25. The molecule has 0 unspecified atom stereocenters. The van der Waals surface area contributed by atoms with Gasteiger partial charge in [-0.3, -0.25) is 13.5 Å². The number of aliphatic hydroxyl groups is 2. The summed E-state index contributed by atoms with van der Waals surface area (Å²) in [4.78, 5) is 39.1. The Kier molecular flexibility index (Phi) is 12.1. The highest BCUT2D eigenvalue weighted by molar-refractivity contribution is 7.85. The lowest BCUT2D eigenvalue weighted by Crippen LogP contribution is -2.37. The molecule has 1 amide bonds. The summed E-state index contributed by atoms with van der Waals surface area (Å²) in [6.45, 7) is 11.1. The standard InChI is InChI=1S/C22H23N9O10S.C6H15N/c1-2-39-21(36)11-7-31(29-27-11)22-25-17(23)14-18(26-22)30(9-24-14)20-16(34)15(33)13(41-20)8-40-42(37,38)28-19(35)10-5-3-4-6-12(10)32;1-4-7(5-2)6-3/h3-7,9,13,15-16,20,32-34H,2,8H2,1H3,(H,28,35)(H2,23,25,26);4-6H2,1-3H3/t13-,15-,16-,20-;/m1./s1. The van der Waals surface area contributed by atoms with Crippen molar-refractivity contribution < 1.29 is 47.0 Å². The third-order valence-corrected chi connectivity index (χ3v) is 8.21. The second-order valence-electron chi connectivity index (χ2n) is 10.4. The zero-order chi connectivity index (χ0) is 35.9.